The fraction of sp³-hybridized carbons (Fsp3) is 0.579. The molecule has 0 unspecified atom stereocenters. The molecule has 0 aromatic heterocycles. The van der Waals surface area contributed by atoms with Crippen molar-refractivity contribution < 1.29 is 14.7 Å². The van der Waals surface area contributed by atoms with Crippen LogP contribution in [0.1, 0.15) is 39.5 Å². The lowest BCUT2D eigenvalue weighted by atomic mass is 9.48. The van der Waals surface area contributed by atoms with Crippen LogP contribution in [0.5, 0.6) is 0 Å². The SMILES string of the molecule is C[C@]12CCC(=O)C=C1C=C[C@@H]1[C@@H]2CC[C@]2(C)C(=O)C=C[C@]12O. The maximum atomic E-state index is 12.3. The first-order valence-electron chi connectivity index (χ1n) is 8.20. The molecule has 1 N–H and O–H groups in total. The summed E-state index contributed by atoms with van der Waals surface area (Å²) in [6.07, 6.45) is 12.2. The molecule has 1 fully saturated rings. The van der Waals surface area contributed by atoms with Crippen molar-refractivity contribution in [2.24, 2.45) is 22.7 Å². The van der Waals surface area contributed by atoms with Crippen LogP contribution >= 0.6 is 0 Å². The topological polar surface area (TPSA) is 54.4 Å². The molecule has 0 saturated heterocycles. The zero-order valence-electron chi connectivity index (χ0n) is 13.1. The van der Waals surface area contributed by atoms with E-state index >= 15 is 0 Å². The van der Waals surface area contributed by atoms with Crippen LogP contribution in [0.2, 0.25) is 0 Å². The molecule has 4 rings (SSSR count). The molecule has 116 valence electrons. The standard InChI is InChI=1S/C19H22O3/c1-17-8-5-13(20)11-12(17)3-4-15-14(17)6-9-18(2)16(21)7-10-19(15,18)22/h3-4,7,10-11,14-15,22H,5-6,8-9H2,1-2H3/t14-,15+,17-,18+,19-/m0/s1. The first kappa shape index (κ1) is 14.1. The predicted octanol–water partition coefficient (Wildman–Crippen LogP) is 2.75. The lowest BCUT2D eigenvalue weighted by molar-refractivity contribution is -0.153. The van der Waals surface area contributed by atoms with Crippen LogP contribution in [0, 0.1) is 22.7 Å². The molecule has 0 heterocycles. The Hall–Kier alpha value is -1.48. The molecule has 0 spiro atoms. The summed E-state index contributed by atoms with van der Waals surface area (Å²) in [7, 11) is 0. The number of carbonyl (C=O) groups excluding carboxylic acids is 2. The van der Waals surface area contributed by atoms with E-state index in [0.29, 0.717) is 12.8 Å². The summed E-state index contributed by atoms with van der Waals surface area (Å²) in [4.78, 5) is 24.0. The second kappa shape index (κ2) is 4.08. The van der Waals surface area contributed by atoms with Crippen molar-refractivity contribution in [3.05, 3.63) is 36.0 Å². The van der Waals surface area contributed by atoms with Gasteiger partial charge in [0.15, 0.2) is 11.6 Å². The van der Waals surface area contributed by atoms with Crippen LogP contribution in [-0.2, 0) is 9.59 Å². The number of fused-ring (bicyclic) bond motifs is 5. The molecule has 4 aliphatic rings. The van der Waals surface area contributed by atoms with Crippen LogP contribution in [0.4, 0.5) is 0 Å². The van der Waals surface area contributed by atoms with E-state index in [1.54, 1.807) is 18.2 Å². The highest BCUT2D eigenvalue weighted by Gasteiger charge is 2.64. The number of rotatable bonds is 0. The Morgan fingerprint density at radius 2 is 1.95 bits per heavy atom. The summed E-state index contributed by atoms with van der Waals surface area (Å²) in [5.74, 6) is 0.479. The Balaban J connectivity index is 1.84. The van der Waals surface area contributed by atoms with Crippen LogP contribution in [0.25, 0.3) is 0 Å². The van der Waals surface area contributed by atoms with Crippen LogP contribution < -0.4 is 0 Å². The minimum Gasteiger partial charge on any atom is -0.384 e. The van der Waals surface area contributed by atoms with E-state index in [0.717, 1.165) is 18.4 Å². The third-order valence-corrected chi connectivity index (χ3v) is 6.98. The summed E-state index contributed by atoms with van der Waals surface area (Å²) in [5, 5.41) is 11.3. The molecule has 1 saturated carbocycles. The van der Waals surface area contributed by atoms with Gasteiger partial charge >= 0.3 is 0 Å². The second-order valence-electron chi connectivity index (χ2n) is 7.87. The summed E-state index contributed by atoms with van der Waals surface area (Å²) in [6, 6.07) is 0. The van der Waals surface area contributed by atoms with E-state index < -0.39 is 11.0 Å². The number of ketones is 2. The van der Waals surface area contributed by atoms with Crippen molar-refractivity contribution in [2.75, 3.05) is 0 Å². The lowest BCUT2D eigenvalue weighted by Gasteiger charge is -2.57. The highest BCUT2D eigenvalue weighted by atomic mass is 16.3. The number of hydrogen-bond donors (Lipinski definition) is 1. The molecule has 0 bridgehead atoms. The van der Waals surface area contributed by atoms with E-state index in [2.05, 4.69) is 6.92 Å². The molecule has 0 aromatic rings. The van der Waals surface area contributed by atoms with E-state index in [1.165, 1.54) is 0 Å². The maximum Gasteiger partial charge on any atom is 0.164 e. The minimum absolute atomic E-state index is 0.0483. The third-order valence-electron chi connectivity index (χ3n) is 6.98. The highest BCUT2D eigenvalue weighted by Crippen LogP contribution is 2.62. The van der Waals surface area contributed by atoms with E-state index in [-0.39, 0.29) is 28.8 Å². The van der Waals surface area contributed by atoms with Crippen LogP contribution in [0.15, 0.2) is 36.0 Å². The number of carbonyl (C=O) groups is 2. The van der Waals surface area contributed by atoms with Gasteiger partial charge in [-0.3, -0.25) is 9.59 Å². The Labute approximate surface area is 130 Å². The molecule has 0 aliphatic heterocycles. The Morgan fingerprint density at radius 3 is 2.73 bits per heavy atom. The Bertz CT molecular complexity index is 670. The average molecular weight is 298 g/mol. The Kier molecular flexibility index (Phi) is 2.62. The van der Waals surface area contributed by atoms with Crippen molar-refractivity contribution in [1.82, 2.24) is 0 Å². The highest BCUT2D eigenvalue weighted by molar-refractivity contribution is 5.99. The largest absolute Gasteiger partial charge is 0.384 e. The molecular weight excluding hydrogens is 276 g/mol. The van der Waals surface area contributed by atoms with Crippen molar-refractivity contribution in [1.29, 1.82) is 0 Å². The summed E-state index contributed by atoms with van der Waals surface area (Å²) in [6.45, 7) is 4.12. The van der Waals surface area contributed by atoms with Crippen molar-refractivity contribution in [2.45, 2.75) is 45.1 Å². The van der Waals surface area contributed by atoms with Gasteiger partial charge in [0.1, 0.15) is 5.60 Å². The molecular formula is C19H22O3. The smallest absolute Gasteiger partial charge is 0.164 e. The average Bonchev–Trinajstić information content (AvgIpc) is 2.72. The first-order chi connectivity index (χ1) is 10.3. The van der Waals surface area contributed by atoms with Gasteiger partial charge in [0.25, 0.3) is 0 Å². The van der Waals surface area contributed by atoms with E-state index in [4.69, 9.17) is 0 Å². The molecule has 4 aliphatic carbocycles. The molecule has 5 atom stereocenters. The fourth-order valence-electron chi connectivity index (χ4n) is 5.28. The van der Waals surface area contributed by atoms with Gasteiger partial charge in [-0.05, 0) is 61.3 Å². The molecule has 3 nitrogen and oxygen atoms in total. The van der Waals surface area contributed by atoms with E-state index in [1.807, 2.05) is 19.1 Å². The molecule has 0 amide bonds. The van der Waals surface area contributed by atoms with Gasteiger partial charge in [-0.2, -0.15) is 0 Å². The van der Waals surface area contributed by atoms with Gasteiger partial charge in [0, 0.05) is 12.3 Å². The quantitative estimate of drug-likeness (QED) is 0.748. The normalized spacial score (nSPS) is 49.5. The lowest BCUT2D eigenvalue weighted by Crippen LogP contribution is -2.59. The second-order valence-corrected chi connectivity index (χ2v) is 7.87. The molecule has 0 radical (unpaired) electrons. The van der Waals surface area contributed by atoms with Crippen molar-refractivity contribution in [3.63, 3.8) is 0 Å². The van der Waals surface area contributed by atoms with Gasteiger partial charge in [-0.1, -0.05) is 19.1 Å². The van der Waals surface area contributed by atoms with Gasteiger partial charge in [-0.25, -0.2) is 0 Å². The summed E-state index contributed by atoms with van der Waals surface area (Å²) in [5.41, 5.74) is -0.741. The minimum atomic E-state index is -1.08. The predicted molar refractivity (Wildman–Crippen MR) is 83.0 cm³/mol. The van der Waals surface area contributed by atoms with Crippen molar-refractivity contribution in [3.8, 4) is 0 Å². The zero-order chi connectivity index (χ0) is 15.8. The summed E-state index contributed by atoms with van der Waals surface area (Å²) >= 11 is 0. The van der Waals surface area contributed by atoms with Gasteiger partial charge in [0.2, 0.25) is 0 Å². The van der Waals surface area contributed by atoms with Gasteiger partial charge in [-0.15, -0.1) is 0 Å². The monoisotopic (exact) mass is 298 g/mol. The zero-order valence-corrected chi connectivity index (χ0v) is 13.1. The fourth-order valence-corrected chi connectivity index (χ4v) is 5.28. The molecule has 22 heavy (non-hydrogen) atoms. The van der Waals surface area contributed by atoms with Gasteiger partial charge < -0.3 is 5.11 Å². The van der Waals surface area contributed by atoms with Crippen LogP contribution in [-0.4, -0.2) is 22.3 Å². The van der Waals surface area contributed by atoms with E-state index in [9.17, 15) is 14.7 Å². The number of allylic oxidation sites excluding steroid dienone is 4. The third kappa shape index (κ3) is 1.45. The molecule has 0 aromatic carbocycles. The van der Waals surface area contributed by atoms with Crippen molar-refractivity contribution >= 4 is 11.6 Å². The number of aliphatic hydroxyl groups is 1. The molecule has 3 heteroatoms. The Morgan fingerprint density at radius 1 is 1.18 bits per heavy atom. The summed E-state index contributed by atoms with van der Waals surface area (Å²) < 4.78 is 0. The first-order valence-corrected chi connectivity index (χ1v) is 8.20. The van der Waals surface area contributed by atoms with Crippen LogP contribution in [0.3, 0.4) is 0 Å². The maximum absolute atomic E-state index is 12.3. The van der Waals surface area contributed by atoms with Gasteiger partial charge in [0.05, 0.1) is 5.41 Å². The number of hydrogen-bond acceptors (Lipinski definition) is 3.